The van der Waals surface area contributed by atoms with Gasteiger partial charge in [0.2, 0.25) is 0 Å². The molecule has 88 valence electrons. The van der Waals surface area contributed by atoms with E-state index in [1.54, 1.807) is 0 Å². The lowest BCUT2D eigenvalue weighted by atomic mass is 9.85. The Morgan fingerprint density at radius 1 is 0.706 bits per heavy atom. The first-order valence-electron chi connectivity index (χ1n) is 6.37. The first-order chi connectivity index (χ1) is 8.27. The molecule has 0 amide bonds. The number of hydrogen-bond donors (Lipinski definition) is 0. The molecule has 0 heterocycles. The van der Waals surface area contributed by atoms with Crippen LogP contribution in [0.2, 0.25) is 0 Å². The van der Waals surface area contributed by atoms with E-state index >= 15 is 0 Å². The highest BCUT2D eigenvalue weighted by molar-refractivity contribution is 5.32. The Balaban J connectivity index is 2.32. The monoisotopic (exact) mass is 224 g/mol. The van der Waals surface area contributed by atoms with Gasteiger partial charge in [0.25, 0.3) is 0 Å². The van der Waals surface area contributed by atoms with Crippen LogP contribution in [0.15, 0.2) is 60.7 Å². The topological polar surface area (TPSA) is 0 Å². The number of benzene rings is 2. The van der Waals surface area contributed by atoms with Gasteiger partial charge in [0.1, 0.15) is 0 Å². The summed E-state index contributed by atoms with van der Waals surface area (Å²) in [5, 5.41) is 0. The Hall–Kier alpha value is -1.56. The molecule has 0 aliphatic rings. The van der Waals surface area contributed by atoms with Gasteiger partial charge in [-0.3, -0.25) is 0 Å². The van der Waals surface area contributed by atoms with Crippen molar-refractivity contribution in [3.05, 3.63) is 71.8 Å². The third-order valence-electron chi connectivity index (χ3n) is 3.11. The van der Waals surface area contributed by atoms with Gasteiger partial charge in [-0.2, -0.15) is 0 Å². The van der Waals surface area contributed by atoms with Crippen molar-refractivity contribution in [2.24, 2.45) is 5.92 Å². The average Bonchev–Trinajstić information content (AvgIpc) is 2.38. The Morgan fingerprint density at radius 3 is 1.47 bits per heavy atom. The third-order valence-corrected chi connectivity index (χ3v) is 3.11. The summed E-state index contributed by atoms with van der Waals surface area (Å²) < 4.78 is 0. The molecule has 0 aliphatic heterocycles. The SMILES string of the molecule is CC(C)CC(c1ccccc1)c1ccccc1. The molecule has 0 radical (unpaired) electrons. The summed E-state index contributed by atoms with van der Waals surface area (Å²) in [4.78, 5) is 0. The van der Waals surface area contributed by atoms with E-state index in [0.29, 0.717) is 11.8 Å². The zero-order valence-corrected chi connectivity index (χ0v) is 10.6. The van der Waals surface area contributed by atoms with E-state index in [1.165, 1.54) is 17.5 Å². The molecule has 2 aromatic rings. The standard InChI is InChI=1S/C17H20/c1-14(2)13-17(15-9-5-3-6-10-15)16-11-7-4-8-12-16/h3-12,14,17H,13H2,1-2H3. The van der Waals surface area contributed by atoms with Crippen molar-refractivity contribution in [2.75, 3.05) is 0 Å². The smallest absolute Gasteiger partial charge is 0.00917 e. The van der Waals surface area contributed by atoms with Crippen molar-refractivity contribution in [3.63, 3.8) is 0 Å². The van der Waals surface area contributed by atoms with Crippen LogP contribution in [0.5, 0.6) is 0 Å². The van der Waals surface area contributed by atoms with E-state index < -0.39 is 0 Å². The third kappa shape index (κ3) is 3.20. The van der Waals surface area contributed by atoms with E-state index in [0.717, 1.165) is 0 Å². The van der Waals surface area contributed by atoms with Gasteiger partial charge >= 0.3 is 0 Å². The summed E-state index contributed by atoms with van der Waals surface area (Å²) >= 11 is 0. The Kier molecular flexibility index (Phi) is 3.98. The molecular weight excluding hydrogens is 204 g/mol. The molecule has 0 aliphatic carbocycles. The van der Waals surface area contributed by atoms with Crippen LogP contribution in [0.3, 0.4) is 0 Å². The number of rotatable bonds is 4. The molecule has 0 unspecified atom stereocenters. The van der Waals surface area contributed by atoms with Crippen molar-refractivity contribution >= 4 is 0 Å². The molecule has 0 aromatic heterocycles. The summed E-state index contributed by atoms with van der Waals surface area (Å²) in [7, 11) is 0. The maximum Gasteiger partial charge on any atom is 0.00917 e. The minimum absolute atomic E-state index is 0.525. The van der Waals surface area contributed by atoms with Crippen molar-refractivity contribution in [1.29, 1.82) is 0 Å². The fraction of sp³-hybridized carbons (Fsp3) is 0.294. The van der Waals surface area contributed by atoms with Crippen LogP contribution in [0, 0.1) is 5.92 Å². The highest BCUT2D eigenvalue weighted by Crippen LogP contribution is 2.30. The molecule has 0 saturated heterocycles. The Bertz CT molecular complexity index is 389. The molecular formula is C17H20. The second-order valence-corrected chi connectivity index (χ2v) is 5.00. The van der Waals surface area contributed by atoms with Gasteiger partial charge in [-0.1, -0.05) is 74.5 Å². The second-order valence-electron chi connectivity index (χ2n) is 5.00. The van der Waals surface area contributed by atoms with Gasteiger partial charge in [-0.25, -0.2) is 0 Å². The van der Waals surface area contributed by atoms with Gasteiger partial charge < -0.3 is 0 Å². The molecule has 0 bridgehead atoms. The Labute approximate surface area is 104 Å². The van der Waals surface area contributed by atoms with Gasteiger partial charge in [0, 0.05) is 5.92 Å². The van der Waals surface area contributed by atoms with Crippen molar-refractivity contribution < 1.29 is 0 Å². The van der Waals surface area contributed by atoms with Gasteiger partial charge in [0.15, 0.2) is 0 Å². The Morgan fingerprint density at radius 2 is 1.12 bits per heavy atom. The van der Waals surface area contributed by atoms with Crippen molar-refractivity contribution in [1.82, 2.24) is 0 Å². The quantitative estimate of drug-likeness (QED) is 0.695. The maximum atomic E-state index is 2.29. The minimum atomic E-state index is 0.525. The summed E-state index contributed by atoms with van der Waals surface area (Å²) in [5.74, 6) is 1.23. The van der Waals surface area contributed by atoms with Crippen LogP contribution >= 0.6 is 0 Å². The lowest BCUT2D eigenvalue weighted by Crippen LogP contribution is -2.04. The second kappa shape index (κ2) is 5.67. The van der Waals surface area contributed by atoms with E-state index in [4.69, 9.17) is 0 Å². The molecule has 17 heavy (non-hydrogen) atoms. The summed E-state index contributed by atoms with van der Waals surface area (Å²) in [6, 6.07) is 21.6. The van der Waals surface area contributed by atoms with Gasteiger partial charge in [-0.05, 0) is 23.5 Å². The summed E-state index contributed by atoms with van der Waals surface area (Å²) in [6.45, 7) is 4.58. The fourth-order valence-electron chi connectivity index (χ4n) is 2.31. The lowest BCUT2D eigenvalue weighted by molar-refractivity contribution is 0.541. The molecule has 0 heteroatoms. The van der Waals surface area contributed by atoms with Crippen molar-refractivity contribution in [3.8, 4) is 0 Å². The first-order valence-corrected chi connectivity index (χ1v) is 6.37. The molecule has 2 rings (SSSR count). The molecule has 0 N–H and O–H groups in total. The summed E-state index contributed by atoms with van der Waals surface area (Å²) in [5.41, 5.74) is 2.85. The van der Waals surface area contributed by atoms with Crippen LogP contribution in [0.25, 0.3) is 0 Å². The lowest BCUT2D eigenvalue weighted by Gasteiger charge is -2.20. The van der Waals surface area contributed by atoms with E-state index in [-0.39, 0.29) is 0 Å². The van der Waals surface area contributed by atoms with E-state index in [1.807, 2.05) is 0 Å². The normalized spacial score (nSPS) is 11.1. The zero-order chi connectivity index (χ0) is 12.1. The largest absolute Gasteiger partial charge is 0.0627 e. The van der Waals surface area contributed by atoms with Crippen LogP contribution in [0.4, 0.5) is 0 Å². The molecule has 0 saturated carbocycles. The van der Waals surface area contributed by atoms with Crippen LogP contribution in [0.1, 0.15) is 37.3 Å². The molecule has 0 spiro atoms. The zero-order valence-electron chi connectivity index (χ0n) is 10.6. The molecule has 0 nitrogen and oxygen atoms in total. The molecule has 0 fully saturated rings. The highest BCUT2D eigenvalue weighted by Gasteiger charge is 2.14. The highest BCUT2D eigenvalue weighted by atomic mass is 14.2. The van der Waals surface area contributed by atoms with E-state index in [9.17, 15) is 0 Å². The predicted octanol–water partition coefficient (Wildman–Crippen LogP) is 4.86. The van der Waals surface area contributed by atoms with E-state index in [2.05, 4.69) is 74.5 Å². The first kappa shape index (κ1) is 11.9. The van der Waals surface area contributed by atoms with Gasteiger partial charge in [-0.15, -0.1) is 0 Å². The maximum absolute atomic E-state index is 2.29. The van der Waals surface area contributed by atoms with Crippen LogP contribution in [-0.4, -0.2) is 0 Å². The van der Waals surface area contributed by atoms with Crippen molar-refractivity contribution in [2.45, 2.75) is 26.2 Å². The van der Waals surface area contributed by atoms with Crippen LogP contribution < -0.4 is 0 Å². The summed E-state index contributed by atoms with van der Waals surface area (Å²) in [6.07, 6.45) is 1.20. The average molecular weight is 224 g/mol. The number of hydrogen-bond acceptors (Lipinski definition) is 0. The fourth-order valence-corrected chi connectivity index (χ4v) is 2.31. The van der Waals surface area contributed by atoms with Crippen LogP contribution in [-0.2, 0) is 0 Å². The minimum Gasteiger partial charge on any atom is -0.0627 e. The van der Waals surface area contributed by atoms with Gasteiger partial charge in [0.05, 0.1) is 0 Å². The molecule has 2 aromatic carbocycles. The predicted molar refractivity (Wildman–Crippen MR) is 74.2 cm³/mol. The molecule has 0 atom stereocenters.